The number of anilines is 2. The molecule has 35 heavy (non-hydrogen) atoms. The monoisotopic (exact) mass is 492 g/mol. The fraction of sp³-hybridized carbons (Fsp3) is 0.308. The summed E-state index contributed by atoms with van der Waals surface area (Å²) in [6, 6.07) is 16.1. The van der Waals surface area contributed by atoms with Crippen molar-refractivity contribution in [2.45, 2.75) is 45.3 Å². The third kappa shape index (κ3) is 5.86. The Hall–Kier alpha value is -3.72. The SMILES string of the molecule is CCC(CC)NC(=O)C1CN(C(=O)Cc2csc(NC(=O)c3ccccc3)n2)c2ccccc2O1. The van der Waals surface area contributed by atoms with Gasteiger partial charge in [-0.1, -0.05) is 44.2 Å². The Labute approximate surface area is 208 Å². The number of para-hydroxylation sites is 2. The van der Waals surface area contributed by atoms with Crippen molar-refractivity contribution in [3.8, 4) is 5.75 Å². The molecule has 2 N–H and O–H groups in total. The first-order chi connectivity index (χ1) is 17.0. The Balaban J connectivity index is 1.45. The van der Waals surface area contributed by atoms with Crippen molar-refractivity contribution in [3.05, 3.63) is 71.2 Å². The number of fused-ring (bicyclic) bond motifs is 1. The summed E-state index contributed by atoms with van der Waals surface area (Å²) in [5, 5.41) is 7.95. The Bertz CT molecular complexity index is 1190. The van der Waals surface area contributed by atoms with Crippen molar-refractivity contribution in [3.63, 3.8) is 0 Å². The van der Waals surface area contributed by atoms with E-state index >= 15 is 0 Å². The number of nitrogens with zero attached hydrogens (tertiary/aromatic N) is 2. The average Bonchev–Trinajstić information content (AvgIpc) is 3.33. The van der Waals surface area contributed by atoms with Gasteiger partial charge in [-0.15, -0.1) is 11.3 Å². The van der Waals surface area contributed by atoms with Gasteiger partial charge in [0.25, 0.3) is 11.8 Å². The molecule has 0 fully saturated rings. The summed E-state index contributed by atoms with van der Waals surface area (Å²) in [6.45, 7) is 4.15. The van der Waals surface area contributed by atoms with Crippen molar-refractivity contribution >= 4 is 39.9 Å². The van der Waals surface area contributed by atoms with E-state index in [0.717, 1.165) is 12.8 Å². The molecule has 8 nitrogen and oxygen atoms in total. The van der Waals surface area contributed by atoms with E-state index in [2.05, 4.69) is 15.6 Å². The minimum Gasteiger partial charge on any atom is -0.477 e. The molecule has 1 unspecified atom stereocenters. The third-order valence-electron chi connectivity index (χ3n) is 5.84. The zero-order valence-corrected chi connectivity index (χ0v) is 20.5. The van der Waals surface area contributed by atoms with Gasteiger partial charge in [-0.25, -0.2) is 4.98 Å². The molecule has 1 atom stereocenters. The maximum Gasteiger partial charge on any atom is 0.263 e. The van der Waals surface area contributed by atoms with Crippen LogP contribution in [0.4, 0.5) is 10.8 Å². The lowest BCUT2D eigenvalue weighted by Gasteiger charge is -2.34. The molecular weight excluding hydrogens is 464 g/mol. The van der Waals surface area contributed by atoms with E-state index in [1.807, 2.05) is 32.0 Å². The maximum absolute atomic E-state index is 13.3. The van der Waals surface area contributed by atoms with Gasteiger partial charge in [0.15, 0.2) is 11.2 Å². The molecule has 2 aromatic carbocycles. The lowest BCUT2D eigenvalue weighted by Crippen LogP contribution is -2.52. The van der Waals surface area contributed by atoms with Crippen LogP contribution >= 0.6 is 11.3 Å². The number of ether oxygens (including phenoxy) is 1. The fourth-order valence-electron chi connectivity index (χ4n) is 3.85. The maximum atomic E-state index is 13.3. The molecule has 0 spiro atoms. The van der Waals surface area contributed by atoms with Crippen molar-refractivity contribution < 1.29 is 19.1 Å². The highest BCUT2D eigenvalue weighted by Gasteiger charge is 2.34. The van der Waals surface area contributed by atoms with E-state index in [1.165, 1.54) is 11.3 Å². The van der Waals surface area contributed by atoms with E-state index in [1.54, 1.807) is 46.7 Å². The second kappa shape index (κ2) is 11.1. The smallest absolute Gasteiger partial charge is 0.263 e. The van der Waals surface area contributed by atoms with Gasteiger partial charge in [0.05, 0.1) is 24.3 Å². The van der Waals surface area contributed by atoms with Crippen LogP contribution in [-0.4, -0.2) is 41.4 Å². The number of rotatable bonds is 8. The summed E-state index contributed by atoms with van der Waals surface area (Å²) in [6.07, 6.45) is 0.875. The summed E-state index contributed by atoms with van der Waals surface area (Å²) in [7, 11) is 0. The largest absolute Gasteiger partial charge is 0.477 e. The molecule has 1 aliphatic heterocycles. The average molecular weight is 493 g/mol. The molecule has 1 aliphatic rings. The van der Waals surface area contributed by atoms with Gasteiger partial charge in [0.1, 0.15) is 5.75 Å². The number of nitrogens with one attached hydrogen (secondary N) is 2. The number of carbonyl (C=O) groups is 3. The number of hydrogen-bond acceptors (Lipinski definition) is 6. The van der Waals surface area contributed by atoms with Crippen molar-refractivity contribution in [2.24, 2.45) is 0 Å². The molecule has 0 saturated heterocycles. The van der Waals surface area contributed by atoms with Gasteiger partial charge in [-0.05, 0) is 37.1 Å². The van der Waals surface area contributed by atoms with Crippen LogP contribution in [0.15, 0.2) is 60.0 Å². The van der Waals surface area contributed by atoms with E-state index < -0.39 is 6.10 Å². The van der Waals surface area contributed by atoms with Gasteiger partial charge < -0.3 is 15.0 Å². The second-order valence-corrected chi connectivity index (χ2v) is 9.10. The second-order valence-electron chi connectivity index (χ2n) is 8.24. The molecule has 3 aromatic rings. The van der Waals surface area contributed by atoms with Crippen LogP contribution < -0.4 is 20.3 Å². The molecule has 0 bridgehead atoms. The summed E-state index contributed by atoms with van der Waals surface area (Å²) in [5.74, 6) is -0.199. The Kier molecular flexibility index (Phi) is 7.77. The molecule has 4 rings (SSSR count). The summed E-state index contributed by atoms with van der Waals surface area (Å²) in [4.78, 5) is 44.5. The van der Waals surface area contributed by atoms with E-state index in [-0.39, 0.29) is 36.7 Å². The minimum atomic E-state index is -0.800. The first-order valence-corrected chi connectivity index (χ1v) is 12.5. The first-order valence-electron chi connectivity index (χ1n) is 11.7. The predicted octanol–water partition coefficient (Wildman–Crippen LogP) is 4.04. The van der Waals surface area contributed by atoms with E-state index in [4.69, 9.17) is 4.74 Å². The summed E-state index contributed by atoms with van der Waals surface area (Å²) < 4.78 is 5.94. The normalized spacial score (nSPS) is 14.7. The number of amides is 3. The van der Waals surface area contributed by atoms with Crippen LogP contribution in [0.3, 0.4) is 0 Å². The predicted molar refractivity (Wildman–Crippen MR) is 136 cm³/mol. The summed E-state index contributed by atoms with van der Waals surface area (Å²) in [5.41, 5.74) is 1.70. The lowest BCUT2D eigenvalue weighted by atomic mass is 10.1. The molecule has 3 amide bonds. The van der Waals surface area contributed by atoms with E-state index in [9.17, 15) is 14.4 Å². The van der Waals surface area contributed by atoms with Crippen molar-refractivity contribution in [1.29, 1.82) is 0 Å². The Morgan fingerprint density at radius 1 is 1.09 bits per heavy atom. The number of aromatic nitrogens is 1. The van der Waals surface area contributed by atoms with Crippen LogP contribution in [0, 0.1) is 0 Å². The van der Waals surface area contributed by atoms with E-state index in [0.29, 0.717) is 27.8 Å². The standard InChI is InChI=1S/C26H28N4O4S/c1-3-18(4-2)27-25(33)22-15-30(20-12-8-9-13-21(20)34-22)23(31)14-19-16-35-26(28-19)29-24(32)17-10-6-5-7-11-17/h5-13,16,18,22H,3-4,14-15H2,1-2H3,(H,27,33)(H,28,29,32). The summed E-state index contributed by atoms with van der Waals surface area (Å²) >= 11 is 1.26. The van der Waals surface area contributed by atoms with Crippen LogP contribution in [0.25, 0.3) is 0 Å². The Morgan fingerprint density at radius 3 is 2.54 bits per heavy atom. The molecule has 9 heteroatoms. The zero-order chi connectivity index (χ0) is 24.8. The number of thiazole rings is 1. The van der Waals surface area contributed by atoms with Crippen LogP contribution in [0.2, 0.25) is 0 Å². The molecule has 0 radical (unpaired) electrons. The topological polar surface area (TPSA) is 101 Å². The molecule has 2 heterocycles. The first kappa shape index (κ1) is 24.4. The molecule has 1 aromatic heterocycles. The van der Waals surface area contributed by atoms with Crippen LogP contribution in [0.1, 0.15) is 42.7 Å². The van der Waals surface area contributed by atoms with Crippen molar-refractivity contribution in [1.82, 2.24) is 10.3 Å². The van der Waals surface area contributed by atoms with Gasteiger partial charge in [-0.3, -0.25) is 19.7 Å². The molecule has 0 aliphatic carbocycles. The number of benzene rings is 2. The highest BCUT2D eigenvalue weighted by molar-refractivity contribution is 7.14. The van der Waals surface area contributed by atoms with Gasteiger partial charge in [0, 0.05) is 17.0 Å². The quantitative estimate of drug-likeness (QED) is 0.494. The van der Waals surface area contributed by atoms with Crippen molar-refractivity contribution in [2.75, 3.05) is 16.8 Å². The highest BCUT2D eigenvalue weighted by Crippen LogP contribution is 2.33. The highest BCUT2D eigenvalue weighted by atomic mass is 32.1. The number of hydrogen-bond donors (Lipinski definition) is 2. The Morgan fingerprint density at radius 2 is 1.80 bits per heavy atom. The minimum absolute atomic E-state index is 0.0346. The van der Waals surface area contributed by atoms with Crippen LogP contribution in [0.5, 0.6) is 5.75 Å². The van der Waals surface area contributed by atoms with Gasteiger partial charge in [-0.2, -0.15) is 0 Å². The third-order valence-corrected chi connectivity index (χ3v) is 6.65. The molecular formula is C26H28N4O4S. The van der Waals surface area contributed by atoms with Gasteiger partial charge in [0.2, 0.25) is 5.91 Å². The number of carbonyl (C=O) groups excluding carboxylic acids is 3. The molecule has 0 saturated carbocycles. The molecule has 182 valence electrons. The lowest BCUT2D eigenvalue weighted by molar-refractivity contribution is -0.129. The zero-order valence-electron chi connectivity index (χ0n) is 19.7. The fourth-order valence-corrected chi connectivity index (χ4v) is 4.55. The van der Waals surface area contributed by atoms with Gasteiger partial charge >= 0.3 is 0 Å². The van der Waals surface area contributed by atoms with Crippen LogP contribution in [-0.2, 0) is 16.0 Å².